The molecule has 5 nitrogen and oxygen atoms in total. The van der Waals surface area contributed by atoms with Crippen molar-refractivity contribution in [1.29, 1.82) is 0 Å². The predicted octanol–water partition coefficient (Wildman–Crippen LogP) is 2.32. The van der Waals surface area contributed by atoms with Gasteiger partial charge in [-0.15, -0.1) is 0 Å². The lowest BCUT2D eigenvalue weighted by Gasteiger charge is -2.17. The van der Waals surface area contributed by atoms with E-state index in [9.17, 15) is 4.79 Å². The Labute approximate surface area is 131 Å². The Morgan fingerprint density at radius 1 is 1.38 bits per heavy atom. The van der Waals surface area contributed by atoms with Gasteiger partial charge in [-0.2, -0.15) is 0 Å². The van der Waals surface area contributed by atoms with Crippen LogP contribution in [0.5, 0.6) is 11.5 Å². The molecule has 0 bridgehead atoms. The zero-order valence-electron chi connectivity index (χ0n) is 13.0. The summed E-state index contributed by atoms with van der Waals surface area (Å²) in [5.41, 5.74) is 0.915. The van der Waals surface area contributed by atoms with Gasteiger partial charge in [0.25, 0.3) is 0 Å². The maximum atomic E-state index is 11.6. The van der Waals surface area contributed by atoms with Crippen molar-refractivity contribution in [3.8, 4) is 11.5 Å². The highest BCUT2D eigenvalue weighted by Crippen LogP contribution is 2.34. The van der Waals surface area contributed by atoms with Crippen molar-refractivity contribution in [2.45, 2.75) is 19.9 Å². The van der Waals surface area contributed by atoms with Crippen LogP contribution in [-0.4, -0.2) is 45.2 Å². The highest BCUT2D eigenvalue weighted by molar-refractivity contribution is 6.30. The predicted molar refractivity (Wildman–Crippen MR) is 84.2 cm³/mol. The zero-order chi connectivity index (χ0) is 15.8. The van der Waals surface area contributed by atoms with Gasteiger partial charge in [0.05, 0.1) is 20.1 Å². The summed E-state index contributed by atoms with van der Waals surface area (Å²) < 4.78 is 11.1. The van der Waals surface area contributed by atoms with Crippen LogP contribution >= 0.6 is 11.6 Å². The van der Waals surface area contributed by atoms with Gasteiger partial charge in [0.1, 0.15) is 0 Å². The zero-order valence-corrected chi connectivity index (χ0v) is 13.8. The third-order valence-electron chi connectivity index (χ3n) is 2.94. The molecule has 0 spiro atoms. The number of hydrogen-bond donors (Lipinski definition) is 1. The van der Waals surface area contributed by atoms with Gasteiger partial charge in [-0.25, -0.2) is 0 Å². The number of nitrogens with one attached hydrogen (secondary N) is 1. The summed E-state index contributed by atoms with van der Waals surface area (Å²) in [5, 5.41) is 3.83. The number of halogens is 1. The molecule has 6 heteroatoms. The average molecular weight is 315 g/mol. The molecule has 0 aliphatic carbocycles. The number of ether oxygens (including phenoxy) is 2. The molecular formula is C15H23ClN2O3. The first kappa shape index (κ1) is 17.6. The lowest BCUT2D eigenvalue weighted by Crippen LogP contribution is -2.23. The van der Waals surface area contributed by atoms with Gasteiger partial charge in [0.15, 0.2) is 11.5 Å². The van der Waals surface area contributed by atoms with E-state index in [0.717, 1.165) is 12.1 Å². The highest BCUT2D eigenvalue weighted by Gasteiger charge is 2.13. The SMILES string of the molecule is CCNCc1cc(Cl)cc(OC)c1OCCC(=O)N(C)C. The largest absolute Gasteiger partial charge is 0.493 e. The first-order valence-corrected chi connectivity index (χ1v) is 7.27. The third-order valence-corrected chi connectivity index (χ3v) is 3.16. The second-order valence-electron chi connectivity index (χ2n) is 4.76. The fourth-order valence-corrected chi connectivity index (χ4v) is 2.02. The van der Waals surface area contributed by atoms with Crippen LogP contribution < -0.4 is 14.8 Å². The molecular weight excluding hydrogens is 292 g/mol. The number of carbonyl (C=O) groups excluding carboxylic acids is 1. The summed E-state index contributed by atoms with van der Waals surface area (Å²) in [5.74, 6) is 1.23. The number of hydrogen-bond acceptors (Lipinski definition) is 4. The van der Waals surface area contributed by atoms with E-state index in [1.807, 2.05) is 13.0 Å². The molecule has 1 aromatic rings. The van der Waals surface area contributed by atoms with Crippen LogP contribution in [0.2, 0.25) is 5.02 Å². The topological polar surface area (TPSA) is 50.8 Å². The summed E-state index contributed by atoms with van der Waals surface area (Å²) in [6.45, 7) is 3.80. The summed E-state index contributed by atoms with van der Waals surface area (Å²) in [6, 6.07) is 3.55. The summed E-state index contributed by atoms with van der Waals surface area (Å²) in [7, 11) is 5.02. The van der Waals surface area contributed by atoms with E-state index < -0.39 is 0 Å². The molecule has 118 valence electrons. The van der Waals surface area contributed by atoms with Gasteiger partial charge in [0.2, 0.25) is 5.91 Å². The standard InChI is InChI=1S/C15H23ClN2O3/c1-5-17-10-11-8-12(16)9-13(20-4)15(11)21-7-6-14(19)18(2)3/h8-9,17H,5-7,10H2,1-4H3. The smallest absolute Gasteiger partial charge is 0.225 e. The van der Waals surface area contributed by atoms with Crippen LogP contribution in [0.1, 0.15) is 18.9 Å². The maximum Gasteiger partial charge on any atom is 0.225 e. The van der Waals surface area contributed by atoms with E-state index in [2.05, 4.69) is 5.32 Å². The molecule has 1 rings (SSSR count). The van der Waals surface area contributed by atoms with Crippen molar-refractivity contribution in [2.75, 3.05) is 34.4 Å². The second kappa shape index (κ2) is 8.74. The molecule has 0 unspecified atom stereocenters. The Kier molecular flexibility index (Phi) is 7.32. The molecule has 1 aromatic carbocycles. The van der Waals surface area contributed by atoms with E-state index >= 15 is 0 Å². The van der Waals surface area contributed by atoms with Crippen molar-refractivity contribution in [2.24, 2.45) is 0 Å². The lowest BCUT2D eigenvalue weighted by atomic mass is 10.1. The summed E-state index contributed by atoms with van der Waals surface area (Å²) in [6.07, 6.45) is 0.319. The quantitative estimate of drug-likeness (QED) is 0.800. The minimum atomic E-state index is 0.0242. The molecule has 1 amide bonds. The number of methoxy groups -OCH3 is 1. The molecule has 0 radical (unpaired) electrons. The first-order valence-electron chi connectivity index (χ1n) is 6.89. The van der Waals surface area contributed by atoms with Gasteiger partial charge in [0, 0.05) is 37.3 Å². The molecule has 0 atom stereocenters. The van der Waals surface area contributed by atoms with E-state index in [0.29, 0.717) is 36.1 Å². The Morgan fingerprint density at radius 3 is 2.67 bits per heavy atom. The van der Waals surface area contributed by atoms with Gasteiger partial charge in [-0.3, -0.25) is 4.79 Å². The third kappa shape index (κ3) is 5.44. The number of nitrogens with zero attached hydrogens (tertiary/aromatic N) is 1. The molecule has 0 saturated heterocycles. The Bertz CT molecular complexity index is 478. The van der Waals surface area contributed by atoms with Crippen LogP contribution in [0.15, 0.2) is 12.1 Å². The summed E-state index contributed by atoms with van der Waals surface area (Å²) in [4.78, 5) is 13.1. The monoisotopic (exact) mass is 314 g/mol. The molecule has 21 heavy (non-hydrogen) atoms. The fraction of sp³-hybridized carbons (Fsp3) is 0.533. The van der Waals surface area contributed by atoms with Gasteiger partial charge in [-0.1, -0.05) is 18.5 Å². The van der Waals surface area contributed by atoms with Crippen LogP contribution in [0.25, 0.3) is 0 Å². The van der Waals surface area contributed by atoms with Crippen molar-refractivity contribution < 1.29 is 14.3 Å². The lowest BCUT2D eigenvalue weighted by molar-refractivity contribution is -0.129. The van der Waals surface area contributed by atoms with Crippen LogP contribution in [0.3, 0.4) is 0 Å². The fourth-order valence-electron chi connectivity index (χ4n) is 1.79. The highest BCUT2D eigenvalue weighted by atomic mass is 35.5. The maximum absolute atomic E-state index is 11.6. The molecule has 0 saturated carbocycles. The average Bonchev–Trinajstić information content (AvgIpc) is 2.45. The van der Waals surface area contributed by atoms with Crippen molar-refractivity contribution >= 4 is 17.5 Å². The molecule has 0 fully saturated rings. The minimum Gasteiger partial charge on any atom is -0.493 e. The molecule has 1 N–H and O–H groups in total. The number of rotatable bonds is 8. The molecule has 0 aliphatic heterocycles. The minimum absolute atomic E-state index is 0.0242. The van der Waals surface area contributed by atoms with Crippen LogP contribution in [-0.2, 0) is 11.3 Å². The first-order chi connectivity index (χ1) is 9.99. The van der Waals surface area contributed by atoms with Gasteiger partial charge < -0.3 is 19.7 Å². The van der Waals surface area contributed by atoms with E-state index in [-0.39, 0.29) is 5.91 Å². The molecule has 0 aromatic heterocycles. The molecule has 0 heterocycles. The number of benzene rings is 1. The second-order valence-corrected chi connectivity index (χ2v) is 5.20. The Morgan fingerprint density at radius 2 is 2.10 bits per heavy atom. The van der Waals surface area contributed by atoms with Gasteiger partial charge in [-0.05, 0) is 12.6 Å². The Hall–Kier alpha value is -1.46. The van der Waals surface area contributed by atoms with Crippen LogP contribution in [0, 0.1) is 0 Å². The Balaban J connectivity index is 2.84. The summed E-state index contributed by atoms with van der Waals surface area (Å²) >= 11 is 6.08. The number of carbonyl (C=O) groups is 1. The molecule has 0 aliphatic rings. The van der Waals surface area contributed by atoms with Gasteiger partial charge >= 0.3 is 0 Å². The van der Waals surface area contributed by atoms with Crippen molar-refractivity contribution in [3.63, 3.8) is 0 Å². The normalized spacial score (nSPS) is 10.3. The van der Waals surface area contributed by atoms with E-state index in [1.54, 1.807) is 32.2 Å². The van der Waals surface area contributed by atoms with Crippen molar-refractivity contribution in [1.82, 2.24) is 10.2 Å². The van der Waals surface area contributed by atoms with E-state index in [4.69, 9.17) is 21.1 Å². The van der Waals surface area contributed by atoms with Crippen molar-refractivity contribution in [3.05, 3.63) is 22.7 Å². The number of amides is 1. The van der Waals surface area contributed by atoms with E-state index in [1.165, 1.54) is 0 Å². The van der Waals surface area contributed by atoms with Crippen LogP contribution in [0.4, 0.5) is 0 Å².